The lowest BCUT2D eigenvalue weighted by Crippen LogP contribution is -2.41. The van der Waals surface area contributed by atoms with Crippen LogP contribution in [0.25, 0.3) is 0 Å². The van der Waals surface area contributed by atoms with Crippen molar-refractivity contribution in [2.45, 2.75) is 25.6 Å². The molecule has 0 aromatic heterocycles. The SMILES string of the molecule is COC(CNC(=O)C(C)Oc1ccc(Cl)cc1)CC(=O)O. The second-order valence-electron chi connectivity index (χ2n) is 4.41. The summed E-state index contributed by atoms with van der Waals surface area (Å²) < 4.78 is 10.4. The highest BCUT2D eigenvalue weighted by Crippen LogP contribution is 2.16. The lowest BCUT2D eigenvalue weighted by molar-refractivity contribution is -0.140. The Labute approximate surface area is 128 Å². The van der Waals surface area contributed by atoms with Crippen LogP contribution in [0.4, 0.5) is 0 Å². The summed E-state index contributed by atoms with van der Waals surface area (Å²) in [6.07, 6.45) is -1.47. The van der Waals surface area contributed by atoms with E-state index in [1.807, 2.05) is 0 Å². The zero-order valence-electron chi connectivity index (χ0n) is 11.8. The third kappa shape index (κ3) is 6.46. The lowest BCUT2D eigenvalue weighted by Gasteiger charge is -2.17. The molecule has 0 aliphatic heterocycles. The van der Waals surface area contributed by atoms with Gasteiger partial charge in [0.15, 0.2) is 6.10 Å². The number of hydrogen-bond donors (Lipinski definition) is 2. The number of halogens is 1. The number of carbonyl (C=O) groups excluding carboxylic acids is 1. The van der Waals surface area contributed by atoms with E-state index in [1.165, 1.54) is 7.11 Å². The number of carboxylic acids is 1. The van der Waals surface area contributed by atoms with Crippen molar-refractivity contribution in [2.24, 2.45) is 0 Å². The summed E-state index contributed by atoms with van der Waals surface area (Å²) >= 11 is 5.76. The van der Waals surface area contributed by atoms with E-state index in [9.17, 15) is 9.59 Å². The molecule has 1 rings (SSSR count). The van der Waals surface area contributed by atoms with Gasteiger partial charge in [0.05, 0.1) is 12.5 Å². The molecule has 0 saturated heterocycles. The first-order valence-electron chi connectivity index (χ1n) is 6.37. The summed E-state index contributed by atoms with van der Waals surface area (Å²) in [4.78, 5) is 22.4. The van der Waals surface area contributed by atoms with E-state index in [1.54, 1.807) is 31.2 Å². The minimum absolute atomic E-state index is 0.107. The molecular weight excluding hydrogens is 298 g/mol. The second-order valence-corrected chi connectivity index (χ2v) is 4.85. The Kier molecular flexibility index (Phi) is 6.98. The van der Waals surface area contributed by atoms with Crippen LogP contribution >= 0.6 is 11.6 Å². The van der Waals surface area contributed by atoms with Crippen molar-refractivity contribution in [3.8, 4) is 5.75 Å². The molecule has 1 aromatic rings. The third-order valence-electron chi connectivity index (χ3n) is 2.74. The molecular formula is C14H18ClNO5. The van der Waals surface area contributed by atoms with Gasteiger partial charge >= 0.3 is 5.97 Å². The van der Waals surface area contributed by atoms with Gasteiger partial charge in [-0.1, -0.05) is 11.6 Å². The molecule has 0 fully saturated rings. The van der Waals surface area contributed by atoms with E-state index in [0.717, 1.165) is 0 Å². The first-order chi connectivity index (χ1) is 9.92. The van der Waals surface area contributed by atoms with Crippen LogP contribution in [0.15, 0.2) is 24.3 Å². The number of ether oxygens (including phenoxy) is 2. The van der Waals surface area contributed by atoms with Crippen molar-refractivity contribution < 1.29 is 24.2 Å². The van der Waals surface area contributed by atoms with Crippen molar-refractivity contribution in [3.05, 3.63) is 29.3 Å². The van der Waals surface area contributed by atoms with Crippen LogP contribution < -0.4 is 10.1 Å². The number of benzene rings is 1. The number of amides is 1. The van der Waals surface area contributed by atoms with Gasteiger partial charge in [0, 0.05) is 18.7 Å². The summed E-state index contributed by atoms with van der Waals surface area (Å²) in [7, 11) is 1.40. The molecule has 0 aliphatic rings. The number of methoxy groups -OCH3 is 1. The summed E-state index contributed by atoms with van der Waals surface area (Å²) in [5, 5.41) is 11.9. The van der Waals surface area contributed by atoms with E-state index in [-0.39, 0.29) is 18.9 Å². The second kappa shape index (κ2) is 8.49. The normalized spacial score (nSPS) is 13.3. The zero-order chi connectivity index (χ0) is 15.8. The van der Waals surface area contributed by atoms with E-state index in [4.69, 9.17) is 26.2 Å². The molecule has 21 heavy (non-hydrogen) atoms. The smallest absolute Gasteiger partial charge is 0.306 e. The van der Waals surface area contributed by atoms with Crippen LogP contribution in [0, 0.1) is 0 Å². The summed E-state index contributed by atoms with van der Waals surface area (Å²) in [5.74, 6) is -0.810. The number of carboxylic acid groups (broad SMARTS) is 1. The maximum atomic E-state index is 11.9. The van der Waals surface area contributed by atoms with Crippen LogP contribution in [0.3, 0.4) is 0 Å². The summed E-state index contributed by atoms with van der Waals surface area (Å²) in [5.41, 5.74) is 0. The fourth-order valence-corrected chi connectivity index (χ4v) is 1.69. The molecule has 6 nitrogen and oxygen atoms in total. The molecule has 2 unspecified atom stereocenters. The molecule has 2 atom stereocenters. The maximum absolute atomic E-state index is 11.9. The van der Waals surface area contributed by atoms with E-state index < -0.39 is 18.2 Å². The van der Waals surface area contributed by atoms with Gasteiger partial charge in [-0.25, -0.2) is 0 Å². The molecule has 0 saturated carbocycles. The molecule has 116 valence electrons. The Hall–Kier alpha value is -1.79. The van der Waals surface area contributed by atoms with Gasteiger partial charge in [0.25, 0.3) is 5.91 Å². The van der Waals surface area contributed by atoms with Gasteiger partial charge in [0.1, 0.15) is 5.75 Å². The highest BCUT2D eigenvalue weighted by atomic mass is 35.5. The Morgan fingerprint density at radius 2 is 1.95 bits per heavy atom. The van der Waals surface area contributed by atoms with Gasteiger partial charge in [-0.3, -0.25) is 9.59 Å². The quantitative estimate of drug-likeness (QED) is 0.763. The van der Waals surface area contributed by atoms with Crippen molar-refractivity contribution in [2.75, 3.05) is 13.7 Å². The highest BCUT2D eigenvalue weighted by Gasteiger charge is 2.18. The van der Waals surface area contributed by atoms with Gasteiger partial charge in [0.2, 0.25) is 0 Å². The monoisotopic (exact) mass is 315 g/mol. The van der Waals surface area contributed by atoms with Gasteiger partial charge in [-0.15, -0.1) is 0 Å². The molecule has 1 aromatic carbocycles. The average molecular weight is 316 g/mol. The predicted molar refractivity (Wildman–Crippen MR) is 77.6 cm³/mol. The molecule has 0 bridgehead atoms. The van der Waals surface area contributed by atoms with Crippen LogP contribution in [-0.2, 0) is 14.3 Å². The van der Waals surface area contributed by atoms with Crippen LogP contribution in [0.2, 0.25) is 5.02 Å². The maximum Gasteiger partial charge on any atom is 0.306 e. The lowest BCUT2D eigenvalue weighted by atomic mass is 10.2. The highest BCUT2D eigenvalue weighted by molar-refractivity contribution is 6.30. The molecule has 0 aliphatic carbocycles. The minimum atomic E-state index is -0.985. The van der Waals surface area contributed by atoms with Crippen molar-refractivity contribution in [3.63, 3.8) is 0 Å². The standard InChI is InChI=1S/C14H18ClNO5/c1-9(21-11-5-3-10(15)4-6-11)14(19)16-8-12(20-2)7-13(17)18/h3-6,9,12H,7-8H2,1-2H3,(H,16,19)(H,17,18). The first kappa shape index (κ1) is 17.3. The number of hydrogen-bond acceptors (Lipinski definition) is 4. The summed E-state index contributed by atoms with van der Waals surface area (Å²) in [6, 6.07) is 6.65. The number of carbonyl (C=O) groups is 2. The van der Waals surface area contributed by atoms with Crippen LogP contribution in [0.1, 0.15) is 13.3 Å². The number of nitrogens with one attached hydrogen (secondary N) is 1. The zero-order valence-corrected chi connectivity index (χ0v) is 12.6. The van der Waals surface area contributed by atoms with Gasteiger partial charge < -0.3 is 19.9 Å². The molecule has 1 amide bonds. The Bertz CT molecular complexity index is 477. The molecule has 0 heterocycles. The number of aliphatic carboxylic acids is 1. The largest absolute Gasteiger partial charge is 0.481 e. The van der Waals surface area contributed by atoms with Crippen molar-refractivity contribution in [1.82, 2.24) is 5.32 Å². The Balaban J connectivity index is 2.43. The first-order valence-corrected chi connectivity index (χ1v) is 6.74. The van der Waals surface area contributed by atoms with Crippen LogP contribution in [-0.4, -0.2) is 42.8 Å². The van der Waals surface area contributed by atoms with Gasteiger partial charge in [-0.05, 0) is 31.2 Å². The van der Waals surface area contributed by atoms with Crippen molar-refractivity contribution >= 4 is 23.5 Å². The van der Waals surface area contributed by atoms with Crippen molar-refractivity contribution in [1.29, 1.82) is 0 Å². The number of rotatable bonds is 8. The molecule has 7 heteroatoms. The topological polar surface area (TPSA) is 84.9 Å². The Morgan fingerprint density at radius 1 is 1.33 bits per heavy atom. The van der Waals surface area contributed by atoms with E-state index >= 15 is 0 Å². The van der Waals surface area contributed by atoms with Gasteiger partial charge in [-0.2, -0.15) is 0 Å². The van der Waals surface area contributed by atoms with Crippen LogP contribution in [0.5, 0.6) is 5.75 Å². The Morgan fingerprint density at radius 3 is 2.48 bits per heavy atom. The van der Waals surface area contributed by atoms with E-state index in [0.29, 0.717) is 10.8 Å². The fourth-order valence-electron chi connectivity index (χ4n) is 1.56. The minimum Gasteiger partial charge on any atom is -0.481 e. The molecule has 2 N–H and O–H groups in total. The predicted octanol–water partition coefficient (Wildman–Crippen LogP) is 1.71. The fraction of sp³-hybridized carbons (Fsp3) is 0.429. The summed E-state index contributed by atoms with van der Waals surface area (Å²) in [6.45, 7) is 1.71. The van der Waals surface area contributed by atoms with E-state index in [2.05, 4.69) is 5.32 Å². The molecule has 0 spiro atoms. The third-order valence-corrected chi connectivity index (χ3v) is 2.99. The average Bonchev–Trinajstić information content (AvgIpc) is 2.45. The molecule has 0 radical (unpaired) electrons.